The highest BCUT2D eigenvalue weighted by molar-refractivity contribution is 7.92. The number of amides is 1. The quantitative estimate of drug-likeness (QED) is 0.641. The molecule has 144 valence electrons. The Morgan fingerprint density at radius 1 is 0.929 bits per heavy atom. The lowest BCUT2D eigenvalue weighted by Crippen LogP contribution is -2.23. The zero-order valence-electron chi connectivity index (χ0n) is 15.3. The van der Waals surface area contributed by atoms with Crippen molar-refractivity contribution in [2.75, 3.05) is 11.8 Å². The van der Waals surface area contributed by atoms with E-state index in [0.717, 1.165) is 5.56 Å². The maximum absolute atomic E-state index is 12.7. The fourth-order valence-corrected chi connectivity index (χ4v) is 3.68. The molecule has 0 fully saturated rings. The van der Waals surface area contributed by atoms with Crippen molar-refractivity contribution in [2.45, 2.75) is 11.4 Å². The molecule has 3 aromatic rings. The predicted octanol–water partition coefficient (Wildman–Crippen LogP) is 3.43. The van der Waals surface area contributed by atoms with Gasteiger partial charge < -0.3 is 10.1 Å². The van der Waals surface area contributed by atoms with Gasteiger partial charge in [-0.2, -0.15) is 0 Å². The Morgan fingerprint density at radius 3 is 2.43 bits per heavy atom. The first-order chi connectivity index (χ1) is 13.5. The van der Waals surface area contributed by atoms with Gasteiger partial charge in [-0.1, -0.05) is 42.5 Å². The van der Waals surface area contributed by atoms with Crippen LogP contribution in [0.5, 0.6) is 5.75 Å². The number of anilines is 1. The van der Waals surface area contributed by atoms with Gasteiger partial charge >= 0.3 is 0 Å². The van der Waals surface area contributed by atoms with E-state index in [2.05, 4.69) is 10.0 Å². The van der Waals surface area contributed by atoms with Gasteiger partial charge in [-0.25, -0.2) is 8.42 Å². The molecule has 0 atom stereocenters. The fraction of sp³-hybridized carbons (Fsp3) is 0.0952. The van der Waals surface area contributed by atoms with Crippen LogP contribution in [-0.2, 0) is 16.6 Å². The molecule has 0 saturated carbocycles. The van der Waals surface area contributed by atoms with Crippen LogP contribution in [0.3, 0.4) is 0 Å². The molecule has 0 spiro atoms. The van der Waals surface area contributed by atoms with Crippen molar-refractivity contribution in [1.29, 1.82) is 0 Å². The maximum atomic E-state index is 12.7. The van der Waals surface area contributed by atoms with E-state index in [4.69, 9.17) is 4.74 Å². The molecule has 0 aliphatic carbocycles. The van der Waals surface area contributed by atoms with Crippen molar-refractivity contribution >= 4 is 21.6 Å². The molecule has 28 heavy (non-hydrogen) atoms. The molecule has 0 aliphatic rings. The first-order valence-electron chi connectivity index (χ1n) is 8.57. The summed E-state index contributed by atoms with van der Waals surface area (Å²) in [5.74, 6) is 0.191. The van der Waals surface area contributed by atoms with Gasteiger partial charge in [-0.3, -0.25) is 9.52 Å². The van der Waals surface area contributed by atoms with Gasteiger partial charge in [0.15, 0.2) is 0 Å². The largest absolute Gasteiger partial charge is 0.497 e. The second kappa shape index (κ2) is 8.58. The monoisotopic (exact) mass is 396 g/mol. The number of ether oxygens (including phenoxy) is 1. The molecule has 0 heterocycles. The van der Waals surface area contributed by atoms with Gasteiger partial charge in [0, 0.05) is 18.2 Å². The van der Waals surface area contributed by atoms with E-state index in [9.17, 15) is 13.2 Å². The van der Waals surface area contributed by atoms with Crippen molar-refractivity contribution in [3.8, 4) is 5.75 Å². The molecular formula is C21H20N2O4S. The Kier molecular flexibility index (Phi) is 5.96. The lowest BCUT2D eigenvalue weighted by Gasteiger charge is -2.11. The third kappa shape index (κ3) is 4.89. The second-order valence-corrected chi connectivity index (χ2v) is 7.72. The number of nitrogens with one attached hydrogen (secondary N) is 2. The summed E-state index contributed by atoms with van der Waals surface area (Å²) in [5, 5.41) is 2.79. The summed E-state index contributed by atoms with van der Waals surface area (Å²) in [5.41, 5.74) is 1.60. The first-order valence-corrected chi connectivity index (χ1v) is 10.1. The van der Waals surface area contributed by atoms with E-state index in [1.54, 1.807) is 30.3 Å². The number of carbonyl (C=O) groups is 1. The van der Waals surface area contributed by atoms with Gasteiger partial charge in [0.1, 0.15) is 5.75 Å². The average Bonchev–Trinajstić information content (AvgIpc) is 2.72. The minimum atomic E-state index is -3.85. The second-order valence-electron chi connectivity index (χ2n) is 6.03. The van der Waals surface area contributed by atoms with Crippen LogP contribution < -0.4 is 14.8 Å². The molecular weight excluding hydrogens is 376 g/mol. The van der Waals surface area contributed by atoms with E-state index >= 15 is 0 Å². The van der Waals surface area contributed by atoms with Crippen molar-refractivity contribution in [1.82, 2.24) is 5.32 Å². The minimum Gasteiger partial charge on any atom is -0.497 e. The van der Waals surface area contributed by atoms with Crippen LogP contribution in [0.25, 0.3) is 0 Å². The van der Waals surface area contributed by atoms with Crippen LogP contribution in [0.2, 0.25) is 0 Å². The summed E-state index contributed by atoms with van der Waals surface area (Å²) in [6.45, 7) is 0.360. The van der Waals surface area contributed by atoms with E-state index in [1.165, 1.54) is 25.3 Å². The molecule has 1 amide bonds. The average molecular weight is 396 g/mol. The summed E-state index contributed by atoms with van der Waals surface area (Å²) in [7, 11) is -2.34. The summed E-state index contributed by atoms with van der Waals surface area (Å²) in [4.78, 5) is 12.4. The SMILES string of the molecule is COc1cccc(NS(=O)(=O)c2cccc(C(=O)NCc3ccccc3)c2)c1. The fourth-order valence-electron chi connectivity index (χ4n) is 2.59. The van der Waals surface area contributed by atoms with Crippen molar-refractivity contribution in [3.63, 3.8) is 0 Å². The van der Waals surface area contributed by atoms with Crippen LogP contribution in [0.4, 0.5) is 5.69 Å². The smallest absolute Gasteiger partial charge is 0.261 e. The van der Waals surface area contributed by atoms with Crippen LogP contribution in [0.15, 0.2) is 83.8 Å². The van der Waals surface area contributed by atoms with Crippen molar-refractivity contribution in [2.24, 2.45) is 0 Å². The zero-order chi connectivity index (χ0) is 20.0. The third-order valence-electron chi connectivity index (χ3n) is 4.02. The number of sulfonamides is 1. The van der Waals surface area contributed by atoms with E-state index < -0.39 is 10.0 Å². The highest BCUT2D eigenvalue weighted by atomic mass is 32.2. The highest BCUT2D eigenvalue weighted by Gasteiger charge is 2.17. The van der Waals surface area contributed by atoms with Crippen molar-refractivity contribution < 1.29 is 17.9 Å². The molecule has 0 bridgehead atoms. The Morgan fingerprint density at radius 2 is 1.68 bits per heavy atom. The normalized spacial score (nSPS) is 10.9. The molecule has 0 aromatic heterocycles. The molecule has 0 radical (unpaired) electrons. The molecule has 6 nitrogen and oxygen atoms in total. The number of methoxy groups -OCH3 is 1. The summed E-state index contributed by atoms with van der Waals surface area (Å²) < 4.78 is 32.9. The highest BCUT2D eigenvalue weighted by Crippen LogP contribution is 2.21. The van der Waals surface area contributed by atoms with Crippen LogP contribution in [0, 0.1) is 0 Å². The molecule has 7 heteroatoms. The number of benzene rings is 3. The summed E-state index contributed by atoms with van der Waals surface area (Å²) in [6.07, 6.45) is 0. The molecule has 0 unspecified atom stereocenters. The van der Waals surface area contributed by atoms with Crippen LogP contribution in [0.1, 0.15) is 15.9 Å². The van der Waals surface area contributed by atoms with E-state index in [1.807, 2.05) is 30.3 Å². The lowest BCUT2D eigenvalue weighted by molar-refractivity contribution is 0.0950. The number of hydrogen-bond acceptors (Lipinski definition) is 4. The molecule has 2 N–H and O–H groups in total. The minimum absolute atomic E-state index is 0.00248. The molecule has 0 saturated heterocycles. The molecule has 0 aliphatic heterocycles. The Hall–Kier alpha value is -3.32. The van der Waals surface area contributed by atoms with Crippen molar-refractivity contribution in [3.05, 3.63) is 90.0 Å². The molecule has 3 aromatic carbocycles. The summed E-state index contributed by atoms with van der Waals surface area (Å²) in [6, 6.07) is 22.0. The predicted molar refractivity (Wildman–Crippen MR) is 108 cm³/mol. The van der Waals surface area contributed by atoms with Gasteiger partial charge in [0.2, 0.25) is 0 Å². The van der Waals surface area contributed by atoms with Gasteiger partial charge in [0.05, 0.1) is 17.7 Å². The molecule has 3 rings (SSSR count). The lowest BCUT2D eigenvalue weighted by atomic mass is 10.2. The topological polar surface area (TPSA) is 84.5 Å². The van der Waals surface area contributed by atoms with Gasteiger partial charge in [-0.05, 0) is 35.9 Å². The Balaban J connectivity index is 1.74. The number of carbonyl (C=O) groups excluding carboxylic acids is 1. The standard InChI is InChI=1S/C21H20N2O4S/c1-27-19-11-6-10-18(14-19)23-28(25,26)20-12-5-9-17(13-20)21(24)22-15-16-7-3-2-4-8-16/h2-14,23H,15H2,1H3,(H,22,24). The van der Waals surface area contributed by atoms with Crippen LogP contribution in [-0.4, -0.2) is 21.4 Å². The van der Waals surface area contributed by atoms with E-state index in [-0.39, 0.29) is 16.4 Å². The van der Waals surface area contributed by atoms with Gasteiger partial charge in [0.25, 0.3) is 15.9 Å². The van der Waals surface area contributed by atoms with Crippen LogP contribution >= 0.6 is 0 Å². The maximum Gasteiger partial charge on any atom is 0.261 e. The number of rotatable bonds is 7. The zero-order valence-corrected chi connectivity index (χ0v) is 16.1. The first kappa shape index (κ1) is 19.4. The number of hydrogen-bond donors (Lipinski definition) is 2. The Bertz CT molecular complexity index is 1070. The summed E-state index contributed by atoms with van der Waals surface area (Å²) >= 11 is 0. The van der Waals surface area contributed by atoms with Gasteiger partial charge in [-0.15, -0.1) is 0 Å². The third-order valence-corrected chi connectivity index (χ3v) is 5.40. The Labute approximate surface area is 164 Å². The van der Waals surface area contributed by atoms with E-state index in [0.29, 0.717) is 18.0 Å².